The van der Waals surface area contributed by atoms with Crippen molar-refractivity contribution in [2.24, 2.45) is 0 Å². The molecule has 126 valence electrons. The van der Waals surface area contributed by atoms with Crippen LogP contribution < -0.4 is 0 Å². The van der Waals surface area contributed by atoms with E-state index in [-0.39, 0.29) is 30.8 Å². The number of hydrogen-bond donors (Lipinski definition) is 0. The third-order valence-corrected chi connectivity index (χ3v) is 5.00. The molecular weight excluding hydrogens is 314 g/mol. The van der Waals surface area contributed by atoms with Gasteiger partial charge in [0.15, 0.2) is 0 Å². The molecular formula is C17H18F2N4O. The van der Waals surface area contributed by atoms with Gasteiger partial charge >= 0.3 is 0 Å². The number of aryl methyl sites for hydroxylation is 1. The first-order chi connectivity index (χ1) is 11.4. The molecule has 2 fully saturated rings. The molecule has 2 aromatic rings. The second kappa shape index (κ2) is 5.36. The Morgan fingerprint density at radius 3 is 2.42 bits per heavy atom. The lowest BCUT2D eigenvalue weighted by Crippen LogP contribution is -2.50. The Kier molecular flexibility index (Phi) is 3.40. The lowest BCUT2D eigenvalue weighted by Gasteiger charge is -2.39. The number of hydrogen-bond acceptors (Lipinski definition) is 3. The Morgan fingerprint density at radius 1 is 1.17 bits per heavy atom. The minimum Gasteiger partial charge on any atom is -0.332 e. The van der Waals surface area contributed by atoms with E-state index in [4.69, 9.17) is 0 Å². The smallest absolute Gasteiger partial charge is 0.256 e. The molecule has 4 rings (SSSR count). The highest BCUT2D eigenvalue weighted by molar-refractivity contribution is 5.98. The maximum absolute atomic E-state index is 13.8. The number of rotatable bonds is 2. The van der Waals surface area contributed by atoms with E-state index in [0.29, 0.717) is 24.1 Å². The van der Waals surface area contributed by atoms with Crippen molar-refractivity contribution in [1.82, 2.24) is 19.7 Å². The summed E-state index contributed by atoms with van der Waals surface area (Å²) in [6.45, 7) is 1.91. The number of piperidine rings is 1. The van der Waals surface area contributed by atoms with Crippen molar-refractivity contribution in [2.75, 3.05) is 0 Å². The summed E-state index contributed by atoms with van der Waals surface area (Å²) in [6.07, 6.45) is 3.90. The number of alkyl halides is 2. The van der Waals surface area contributed by atoms with Crippen LogP contribution >= 0.6 is 0 Å². The van der Waals surface area contributed by atoms with Crippen LogP contribution in [0.4, 0.5) is 8.78 Å². The van der Waals surface area contributed by atoms with Crippen molar-refractivity contribution in [3.05, 3.63) is 42.0 Å². The van der Waals surface area contributed by atoms with Crippen LogP contribution in [0.2, 0.25) is 0 Å². The predicted molar refractivity (Wildman–Crippen MR) is 83.3 cm³/mol. The van der Waals surface area contributed by atoms with Crippen molar-refractivity contribution in [2.45, 2.75) is 50.6 Å². The molecule has 0 radical (unpaired) electrons. The van der Waals surface area contributed by atoms with E-state index in [1.807, 2.05) is 25.1 Å². The van der Waals surface area contributed by atoms with Gasteiger partial charge in [-0.25, -0.2) is 8.78 Å². The first-order valence-electron chi connectivity index (χ1n) is 8.11. The van der Waals surface area contributed by atoms with Gasteiger partial charge in [0.2, 0.25) is 0 Å². The van der Waals surface area contributed by atoms with Gasteiger partial charge < -0.3 is 4.90 Å². The second-order valence-corrected chi connectivity index (χ2v) is 6.75. The summed E-state index contributed by atoms with van der Waals surface area (Å²) in [5.41, 5.74) is 2.13. The summed E-state index contributed by atoms with van der Waals surface area (Å²) in [6, 6.07) is 4.81. The Bertz CT molecular complexity index is 759. The predicted octanol–water partition coefficient (Wildman–Crippen LogP) is 2.98. The lowest BCUT2D eigenvalue weighted by atomic mass is 9.97. The SMILES string of the molecule is Cc1ccc(-n2cnnc2)c(C(=O)N2C3CCC2CC(F)(F)C3)c1. The highest BCUT2D eigenvalue weighted by Gasteiger charge is 2.51. The summed E-state index contributed by atoms with van der Waals surface area (Å²) >= 11 is 0. The minimum absolute atomic E-state index is 0.176. The maximum Gasteiger partial charge on any atom is 0.256 e. The quantitative estimate of drug-likeness (QED) is 0.849. The van der Waals surface area contributed by atoms with Crippen LogP contribution in [-0.4, -0.2) is 43.6 Å². The van der Waals surface area contributed by atoms with Crippen LogP contribution in [0.25, 0.3) is 5.69 Å². The Labute approximate surface area is 138 Å². The molecule has 2 aliphatic heterocycles. The molecule has 2 bridgehead atoms. The molecule has 2 atom stereocenters. The van der Waals surface area contributed by atoms with Gasteiger partial charge in [-0.2, -0.15) is 0 Å². The van der Waals surface area contributed by atoms with E-state index in [1.165, 1.54) is 12.7 Å². The van der Waals surface area contributed by atoms with Crippen LogP contribution in [0.1, 0.15) is 41.6 Å². The maximum atomic E-state index is 13.8. The average Bonchev–Trinajstić information content (AvgIpc) is 3.13. The summed E-state index contributed by atoms with van der Waals surface area (Å²) in [7, 11) is 0. The van der Waals surface area contributed by atoms with Crippen molar-refractivity contribution in [3.8, 4) is 5.69 Å². The molecule has 2 unspecified atom stereocenters. The van der Waals surface area contributed by atoms with Gasteiger partial charge in [-0.1, -0.05) is 11.6 Å². The Morgan fingerprint density at radius 2 is 1.79 bits per heavy atom. The summed E-state index contributed by atoms with van der Waals surface area (Å²) in [4.78, 5) is 14.8. The topological polar surface area (TPSA) is 51.0 Å². The summed E-state index contributed by atoms with van der Waals surface area (Å²) < 4.78 is 29.3. The van der Waals surface area contributed by atoms with Gasteiger partial charge in [-0.05, 0) is 31.9 Å². The molecule has 0 N–H and O–H groups in total. The number of nitrogens with zero attached hydrogens (tertiary/aromatic N) is 4. The normalized spacial score (nSPS) is 25.0. The molecule has 2 aliphatic rings. The third kappa shape index (κ3) is 2.48. The molecule has 2 saturated heterocycles. The number of carbonyl (C=O) groups excluding carboxylic acids is 1. The zero-order valence-electron chi connectivity index (χ0n) is 13.3. The van der Waals surface area contributed by atoms with Gasteiger partial charge in [0.1, 0.15) is 12.7 Å². The monoisotopic (exact) mass is 332 g/mol. The van der Waals surface area contributed by atoms with E-state index >= 15 is 0 Å². The van der Waals surface area contributed by atoms with Crippen LogP contribution in [0.3, 0.4) is 0 Å². The van der Waals surface area contributed by atoms with Crippen molar-refractivity contribution in [3.63, 3.8) is 0 Å². The molecule has 1 amide bonds. The Hall–Kier alpha value is -2.31. The van der Waals surface area contributed by atoms with Crippen molar-refractivity contribution < 1.29 is 13.6 Å². The van der Waals surface area contributed by atoms with Gasteiger partial charge in [0.05, 0.1) is 11.3 Å². The number of carbonyl (C=O) groups is 1. The number of benzene rings is 1. The van der Waals surface area contributed by atoms with Crippen LogP contribution in [0.5, 0.6) is 0 Å². The van der Waals surface area contributed by atoms with Crippen LogP contribution in [-0.2, 0) is 0 Å². The number of halogens is 2. The van der Waals surface area contributed by atoms with Gasteiger partial charge in [0, 0.05) is 24.9 Å². The molecule has 3 heterocycles. The number of amides is 1. The third-order valence-electron chi connectivity index (χ3n) is 5.00. The highest BCUT2D eigenvalue weighted by atomic mass is 19.3. The lowest BCUT2D eigenvalue weighted by molar-refractivity contribution is -0.0735. The molecule has 1 aromatic carbocycles. The fourth-order valence-electron chi connectivity index (χ4n) is 3.98. The van der Waals surface area contributed by atoms with Gasteiger partial charge in [0.25, 0.3) is 11.8 Å². The van der Waals surface area contributed by atoms with E-state index < -0.39 is 5.92 Å². The average molecular weight is 332 g/mol. The number of fused-ring (bicyclic) bond motifs is 2. The van der Waals surface area contributed by atoms with Crippen LogP contribution in [0.15, 0.2) is 30.9 Å². The Balaban J connectivity index is 1.72. The zero-order chi connectivity index (χ0) is 16.9. The molecule has 7 heteroatoms. The molecule has 0 spiro atoms. The van der Waals surface area contributed by atoms with E-state index in [1.54, 1.807) is 9.47 Å². The molecule has 24 heavy (non-hydrogen) atoms. The van der Waals surface area contributed by atoms with Gasteiger partial charge in [-0.3, -0.25) is 9.36 Å². The molecule has 1 aromatic heterocycles. The second-order valence-electron chi connectivity index (χ2n) is 6.75. The molecule has 5 nitrogen and oxygen atoms in total. The summed E-state index contributed by atoms with van der Waals surface area (Å²) in [5, 5.41) is 7.57. The van der Waals surface area contributed by atoms with Gasteiger partial charge in [-0.15, -0.1) is 10.2 Å². The van der Waals surface area contributed by atoms with Crippen molar-refractivity contribution >= 4 is 5.91 Å². The van der Waals surface area contributed by atoms with E-state index in [2.05, 4.69) is 10.2 Å². The van der Waals surface area contributed by atoms with E-state index in [0.717, 1.165) is 5.56 Å². The zero-order valence-corrected chi connectivity index (χ0v) is 13.3. The minimum atomic E-state index is -2.66. The molecule has 0 saturated carbocycles. The first-order valence-corrected chi connectivity index (χ1v) is 8.11. The van der Waals surface area contributed by atoms with Crippen LogP contribution in [0, 0.1) is 6.92 Å². The molecule has 0 aliphatic carbocycles. The summed E-state index contributed by atoms with van der Waals surface area (Å²) in [5.74, 6) is -2.84. The first kappa shape index (κ1) is 15.2. The fraction of sp³-hybridized carbons (Fsp3) is 0.471. The van der Waals surface area contributed by atoms with Crippen molar-refractivity contribution in [1.29, 1.82) is 0 Å². The fourth-order valence-corrected chi connectivity index (χ4v) is 3.98. The highest BCUT2D eigenvalue weighted by Crippen LogP contribution is 2.44. The standard InChI is InChI=1S/C17H18F2N4O/c1-11-2-5-15(22-9-20-21-10-22)14(6-11)16(24)23-12-3-4-13(23)8-17(18,19)7-12/h2,5-6,9-10,12-13H,3-4,7-8H2,1H3. The number of aromatic nitrogens is 3. The van der Waals surface area contributed by atoms with E-state index in [9.17, 15) is 13.6 Å². The largest absolute Gasteiger partial charge is 0.332 e.